The molecule has 2 aromatic rings. The molecule has 0 saturated carbocycles. The van der Waals surface area contributed by atoms with Crippen LogP contribution in [0.1, 0.15) is 61.2 Å². The van der Waals surface area contributed by atoms with Gasteiger partial charge in [0.05, 0.1) is 6.04 Å². The molecule has 2 heterocycles. The van der Waals surface area contributed by atoms with Crippen LogP contribution in [0.5, 0.6) is 0 Å². The standard InChI is InChI=1S/C18H24N2O/c1-13(2)18-11-16(19-21-18)17-8-5-9-20(17)12-15-7-4-6-14(3)10-15/h4,6-7,10-11,13,17H,5,8-9,12H2,1-3H3. The molecule has 1 aliphatic heterocycles. The second-order valence-corrected chi connectivity index (χ2v) is 6.43. The van der Waals surface area contributed by atoms with Crippen LogP contribution in [0.3, 0.4) is 0 Å². The summed E-state index contributed by atoms with van der Waals surface area (Å²) in [4.78, 5) is 2.52. The lowest BCUT2D eigenvalue weighted by Gasteiger charge is -2.22. The molecule has 1 aromatic heterocycles. The highest BCUT2D eigenvalue weighted by Gasteiger charge is 2.28. The SMILES string of the molecule is Cc1cccc(CN2CCCC2c2cc(C(C)C)on2)c1. The predicted molar refractivity (Wildman–Crippen MR) is 84.2 cm³/mol. The number of aromatic nitrogens is 1. The number of benzene rings is 1. The fraction of sp³-hybridized carbons (Fsp3) is 0.500. The Hall–Kier alpha value is -1.61. The van der Waals surface area contributed by atoms with Gasteiger partial charge in [0.1, 0.15) is 11.5 Å². The van der Waals surface area contributed by atoms with Crippen LogP contribution in [0.4, 0.5) is 0 Å². The lowest BCUT2D eigenvalue weighted by atomic mass is 10.1. The largest absolute Gasteiger partial charge is 0.361 e. The molecule has 0 aliphatic carbocycles. The molecule has 3 nitrogen and oxygen atoms in total. The van der Waals surface area contributed by atoms with E-state index in [9.17, 15) is 0 Å². The van der Waals surface area contributed by atoms with E-state index in [1.54, 1.807) is 0 Å². The van der Waals surface area contributed by atoms with E-state index in [-0.39, 0.29) is 0 Å². The molecular weight excluding hydrogens is 260 g/mol. The van der Waals surface area contributed by atoms with Gasteiger partial charge in [-0.2, -0.15) is 0 Å². The van der Waals surface area contributed by atoms with Gasteiger partial charge in [0.25, 0.3) is 0 Å². The topological polar surface area (TPSA) is 29.3 Å². The van der Waals surface area contributed by atoms with Crippen molar-refractivity contribution >= 4 is 0 Å². The van der Waals surface area contributed by atoms with E-state index >= 15 is 0 Å². The van der Waals surface area contributed by atoms with Crippen LogP contribution >= 0.6 is 0 Å². The molecule has 3 rings (SSSR count). The summed E-state index contributed by atoms with van der Waals surface area (Å²) in [5.74, 6) is 1.39. The third-order valence-electron chi connectivity index (χ3n) is 4.29. The molecule has 0 amide bonds. The number of hydrogen-bond acceptors (Lipinski definition) is 3. The Balaban J connectivity index is 1.75. The van der Waals surface area contributed by atoms with E-state index in [0.29, 0.717) is 12.0 Å². The molecule has 1 aromatic carbocycles. The van der Waals surface area contributed by atoms with Crippen molar-refractivity contribution in [1.29, 1.82) is 0 Å². The van der Waals surface area contributed by atoms with Crippen LogP contribution in [0.25, 0.3) is 0 Å². The summed E-state index contributed by atoms with van der Waals surface area (Å²) in [6.45, 7) is 8.57. The number of nitrogens with zero attached hydrogens (tertiary/aromatic N) is 2. The van der Waals surface area contributed by atoms with Gasteiger partial charge < -0.3 is 4.52 Å². The molecule has 0 spiro atoms. The molecule has 112 valence electrons. The van der Waals surface area contributed by atoms with Crippen molar-refractivity contribution in [3.8, 4) is 0 Å². The first kappa shape index (κ1) is 14.3. The third kappa shape index (κ3) is 3.18. The first-order valence-corrected chi connectivity index (χ1v) is 7.89. The Morgan fingerprint density at radius 1 is 1.33 bits per heavy atom. The highest BCUT2D eigenvalue weighted by atomic mass is 16.5. The van der Waals surface area contributed by atoms with Gasteiger partial charge >= 0.3 is 0 Å². The van der Waals surface area contributed by atoms with Crippen LogP contribution in [0.15, 0.2) is 34.9 Å². The van der Waals surface area contributed by atoms with Crippen molar-refractivity contribution in [3.63, 3.8) is 0 Å². The quantitative estimate of drug-likeness (QED) is 0.831. The fourth-order valence-corrected chi connectivity index (χ4v) is 3.13. The summed E-state index contributed by atoms with van der Waals surface area (Å²) in [7, 11) is 0. The van der Waals surface area contributed by atoms with Crippen molar-refractivity contribution in [2.24, 2.45) is 0 Å². The van der Waals surface area contributed by atoms with Crippen LogP contribution in [-0.2, 0) is 6.54 Å². The molecular formula is C18H24N2O. The van der Waals surface area contributed by atoms with Gasteiger partial charge in [-0.15, -0.1) is 0 Å². The number of likely N-dealkylation sites (tertiary alicyclic amines) is 1. The summed E-state index contributed by atoms with van der Waals surface area (Å²) in [6, 6.07) is 11.3. The van der Waals surface area contributed by atoms with Crippen molar-refractivity contribution in [2.45, 2.75) is 52.1 Å². The van der Waals surface area contributed by atoms with Gasteiger partial charge in [0.15, 0.2) is 0 Å². The van der Waals surface area contributed by atoms with Gasteiger partial charge in [0.2, 0.25) is 0 Å². The summed E-state index contributed by atoms with van der Waals surface area (Å²) < 4.78 is 5.48. The zero-order valence-corrected chi connectivity index (χ0v) is 13.2. The second kappa shape index (κ2) is 6.02. The van der Waals surface area contributed by atoms with Crippen molar-refractivity contribution < 1.29 is 4.52 Å². The zero-order chi connectivity index (χ0) is 14.8. The monoisotopic (exact) mass is 284 g/mol. The minimum atomic E-state index is 0.401. The van der Waals surface area contributed by atoms with E-state index in [2.05, 4.69) is 61.2 Å². The zero-order valence-electron chi connectivity index (χ0n) is 13.2. The maximum absolute atomic E-state index is 5.48. The molecule has 3 heteroatoms. The number of rotatable bonds is 4. The van der Waals surface area contributed by atoms with Crippen LogP contribution in [0.2, 0.25) is 0 Å². The molecule has 21 heavy (non-hydrogen) atoms. The molecule has 1 fully saturated rings. The minimum absolute atomic E-state index is 0.401. The Bertz CT molecular complexity index is 603. The smallest absolute Gasteiger partial charge is 0.139 e. The molecule has 1 saturated heterocycles. The third-order valence-corrected chi connectivity index (χ3v) is 4.29. The summed E-state index contributed by atoms with van der Waals surface area (Å²) in [5, 5.41) is 4.31. The van der Waals surface area contributed by atoms with Gasteiger partial charge in [-0.3, -0.25) is 4.90 Å². The van der Waals surface area contributed by atoms with E-state index in [1.165, 1.54) is 24.0 Å². The first-order valence-electron chi connectivity index (χ1n) is 7.89. The average molecular weight is 284 g/mol. The van der Waals surface area contributed by atoms with Gasteiger partial charge in [0, 0.05) is 18.5 Å². The molecule has 1 aliphatic rings. The van der Waals surface area contributed by atoms with Crippen molar-refractivity contribution in [1.82, 2.24) is 10.1 Å². The Morgan fingerprint density at radius 3 is 2.90 bits per heavy atom. The Labute approximate surface area is 126 Å². The molecule has 1 unspecified atom stereocenters. The first-order chi connectivity index (χ1) is 10.1. The Morgan fingerprint density at radius 2 is 2.19 bits per heavy atom. The van der Waals surface area contributed by atoms with Gasteiger partial charge in [-0.1, -0.05) is 48.8 Å². The Kier molecular flexibility index (Phi) is 4.11. The van der Waals surface area contributed by atoms with Crippen LogP contribution in [0, 0.1) is 6.92 Å². The van der Waals surface area contributed by atoms with Gasteiger partial charge in [-0.25, -0.2) is 0 Å². The summed E-state index contributed by atoms with van der Waals surface area (Å²) in [6.07, 6.45) is 2.41. The maximum atomic E-state index is 5.48. The predicted octanol–water partition coefficient (Wildman–Crippen LogP) is 4.44. The maximum Gasteiger partial charge on any atom is 0.139 e. The molecule has 0 bridgehead atoms. The van der Waals surface area contributed by atoms with E-state index in [0.717, 1.165) is 24.5 Å². The lowest BCUT2D eigenvalue weighted by molar-refractivity contribution is 0.236. The lowest BCUT2D eigenvalue weighted by Crippen LogP contribution is -2.23. The highest BCUT2D eigenvalue weighted by Crippen LogP contribution is 2.33. The minimum Gasteiger partial charge on any atom is -0.361 e. The van der Waals surface area contributed by atoms with Crippen LogP contribution < -0.4 is 0 Å². The average Bonchev–Trinajstić information content (AvgIpc) is 3.06. The normalized spacial score (nSPS) is 19.5. The fourth-order valence-electron chi connectivity index (χ4n) is 3.13. The molecule has 0 N–H and O–H groups in total. The number of aryl methyl sites for hydroxylation is 1. The van der Waals surface area contributed by atoms with Crippen molar-refractivity contribution in [3.05, 3.63) is 52.9 Å². The second-order valence-electron chi connectivity index (χ2n) is 6.43. The molecule has 0 radical (unpaired) electrons. The van der Waals surface area contributed by atoms with Crippen LogP contribution in [-0.4, -0.2) is 16.6 Å². The van der Waals surface area contributed by atoms with E-state index < -0.39 is 0 Å². The van der Waals surface area contributed by atoms with E-state index in [1.807, 2.05) is 0 Å². The summed E-state index contributed by atoms with van der Waals surface area (Å²) >= 11 is 0. The molecule has 1 atom stereocenters. The van der Waals surface area contributed by atoms with Crippen molar-refractivity contribution in [2.75, 3.05) is 6.54 Å². The van der Waals surface area contributed by atoms with E-state index in [4.69, 9.17) is 4.52 Å². The highest BCUT2D eigenvalue weighted by molar-refractivity contribution is 5.23. The number of hydrogen-bond donors (Lipinski definition) is 0. The summed E-state index contributed by atoms with van der Waals surface area (Å²) in [5.41, 5.74) is 3.81. The van der Waals surface area contributed by atoms with Gasteiger partial charge in [-0.05, 0) is 31.9 Å².